The molecule has 1 N–H and O–H groups in total. The number of rotatable bonds is 0. The third kappa shape index (κ3) is 1.65. The Morgan fingerprint density at radius 1 is 1.28 bits per heavy atom. The second-order valence-electron chi connectivity index (χ2n) is 5.66. The third-order valence-electron chi connectivity index (χ3n) is 3.12. The second kappa shape index (κ2) is 3.51. The maximum absolute atomic E-state index is 11.8. The summed E-state index contributed by atoms with van der Waals surface area (Å²) >= 11 is 0. The van der Waals surface area contributed by atoms with Crippen molar-refractivity contribution in [2.24, 2.45) is 4.99 Å². The summed E-state index contributed by atoms with van der Waals surface area (Å²) in [4.78, 5) is 23.9. The van der Waals surface area contributed by atoms with Crippen molar-refractivity contribution in [1.82, 2.24) is 9.97 Å². The van der Waals surface area contributed by atoms with Crippen LogP contribution in [0.25, 0.3) is 11.0 Å². The van der Waals surface area contributed by atoms with Gasteiger partial charge >= 0.3 is 0 Å². The first-order valence-corrected chi connectivity index (χ1v) is 6.05. The van der Waals surface area contributed by atoms with Gasteiger partial charge in [-0.25, -0.2) is 4.98 Å². The Morgan fingerprint density at radius 3 is 2.78 bits per heavy atom. The molecule has 0 saturated heterocycles. The van der Waals surface area contributed by atoms with E-state index in [1.807, 2.05) is 12.1 Å². The Morgan fingerprint density at radius 2 is 2.06 bits per heavy atom. The molecule has 0 fully saturated rings. The van der Waals surface area contributed by atoms with Crippen molar-refractivity contribution in [3.8, 4) is 0 Å². The molecule has 1 aliphatic heterocycles. The predicted molar refractivity (Wildman–Crippen MR) is 71.9 cm³/mol. The van der Waals surface area contributed by atoms with Crippen molar-refractivity contribution in [2.45, 2.75) is 32.6 Å². The molecule has 3 rings (SSSR count). The summed E-state index contributed by atoms with van der Waals surface area (Å²) in [6.07, 6.45) is 2.05. The Kier molecular flexibility index (Phi) is 2.17. The molecule has 0 amide bonds. The second-order valence-corrected chi connectivity index (χ2v) is 5.66. The highest BCUT2D eigenvalue weighted by Gasteiger charge is 2.21. The largest absolute Gasteiger partial charge is 0.342 e. The molecule has 4 nitrogen and oxygen atoms in total. The Labute approximate surface area is 105 Å². The van der Waals surface area contributed by atoms with Crippen molar-refractivity contribution >= 4 is 28.7 Å². The van der Waals surface area contributed by atoms with Crippen molar-refractivity contribution in [1.29, 1.82) is 0 Å². The number of fused-ring (bicyclic) bond motifs is 2. The van der Waals surface area contributed by atoms with Gasteiger partial charge in [0, 0.05) is 23.6 Å². The predicted octanol–water partition coefficient (Wildman–Crippen LogP) is 3.15. The van der Waals surface area contributed by atoms with Crippen LogP contribution < -0.4 is 0 Å². The van der Waals surface area contributed by atoms with Gasteiger partial charge in [0.15, 0.2) is 5.78 Å². The summed E-state index contributed by atoms with van der Waals surface area (Å²) in [6, 6.07) is 3.75. The minimum absolute atomic E-state index is 0.0349. The molecular weight excluding hydrogens is 226 g/mol. The number of aromatic amines is 1. The van der Waals surface area contributed by atoms with Gasteiger partial charge in [-0.2, -0.15) is 0 Å². The molecule has 1 aromatic heterocycles. The Balaban J connectivity index is 2.24. The number of Topliss-reactive ketones (excluding diaryl/α,β-unsaturated/α-hetero) is 1. The lowest BCUT2D eigenvalue weighted by Gasteiger charge is -2.13. The number of carbonyl (C=O) groups is 1. The first kappa shape index (κ1) is 11.1. The lowest BCUT2D eigenvalue weighted by molar-refractivity contribution is 0.100. The van der Waals surface area contributed by atoms with Gasteiger partial charge < -0.3 is 4.98 Å². The zero-order valence-electron chi connectivity index (χ0n) is 10.7. The van der Waals surface area contributed by atoms with Crippen LogP contribution in [-0.2, 0) is 5.41 Å². The van der Waals surface area contributed by atoms with E-state index in [-0.39, 0.29) is 11.2 Å². The summed E-state index contributed by atoms with van der Waals surface area (Å²) < 4.78 is 0. The average molecular weight is 241 g/mol. The zero-order valence-corrected chi connectivity index (χ0v) is 10.7. The molecule has 92 valence electrons. The molecule has 4 heteroatoms. The van der Waals surface area contributed by atoms with Crippen LogP contribution in [0.1, 0.15) is 43.4 Å². The number of imidazole rings is 1. The minimum Gasteiger partial charge on any atom is -0.342 e. The van der Waals surface area contributed by atoms with Crippen LogP contribution in [0.2, 0.25) is 0 Å². The van der Waals surface area contributed by atoms with E-state index in [1.165, 1.54) is 0 Å². The van der Waals surface area contributed by atoms with Crippen molar-refractivity contribution in [3.63, 3.8) is 0 Å². The molecular formula is C14H15N3O. The topological polar surface area (TPSA) is 58.1 Å². The maximum atomic E-state index is 11.8. The smallest absolute Gasteiger partial charge is 0.170 e. The van der Waals surface area contributed by atoms with E-state index in [4.69, 9.17) is 0 Å². The van der Waals surface area contributed by atoms with Gasteiger partial charge in [-0.3, -0.25) is 9.79 Å². The fraction of sp³-hybridized carbons (Fsp3) is 0.357. The van der Waals surface area contributed by atoms with E-state index in [0.717, 1.165) is 22.5 Å². The zero-order chi connectivity index (χ0) is 12.9. The van der Waals surface area contributed by atoms with E-state index in [0.29, 0.717) is 12.0 Å². The van der Waals surface area contributed by atoms with E-state index in [1.54, 1.807) is 6.21 Å². The molecule has 0 saturated carbocycles. The van der Waals surface area contributed by atoms with Gasteiger partial charge in [0.1, 0.15) is 5.82 Å². The van der Waals surface area contributed by atoms with Crippen LogP contribution >= 0.6 is 0 Å². The summed E-state index contributed by atoms with van der Waals surface area (Å²) in [5.74, 6) is 1.05. The van der Waals surface area contributed by atoms with Crippen molar-refractivity contribution < 1.29 is 4.79 Å². The van der Waals surface area contributed by atoms with Crippen LogP contribution in [0.3, 0.4) is 0 Å². The molecule has 0 unspecified atom stereocenters. The fourth-order valence-electron chi connectivity index (χ4n) is 2.07. The lowest BCUT2D eigenvalue weighted by Crippen LogP contribution is -2.12. The quantitative estimate of drug-likeness (QED) is 0.770. The number of aromatic nitrogens is 2. The SMILES string of the molecule is CC(C)(C)c1nc2cc3c(cc2[nH]1)C(=O)CC=N3. The summed E-state index contributed by atoms with van der Waals surface area (Å²) in [5, 5.41) is 0. The number of H-pyrrole nitrogens is 1. The molecule has 2 aromatic rings. The third-order valence-corrected chi connectivity index (χ3v) is 3.12. The number of hydrogen-bond donors (Lipinski definition) is 1. The molecule has 18 heavy (non-hydrogen) atoms. The van der Waals surface area contributed by atoms with Crippen LogP contribution in [0, 0.1) is 0 Å². The number of nitrogens with one attached hydrogen (secondary N) is 1. The Hall–Kier alpha value is -1.97. The van der Waals surface area contributed by atoms with Gasteiger partial charge in [0.2, 0.25) is 0 Å². The van der Waals surface area contributed by atoms with E-state index in [2.05, 4.69) is 35.7 Å². The lowest BCUT2D eigenvalue weighted by atomic mass is 9.96. The molecule has 0 atom stereocenters. The molecule has 2 heterocycles. The van der Waals surface area contributed by atoms with Gasteiger partial charge in [-0.15, -0.1) is 0 Å². The molecule has 0 radical (unpaired) electrons. The number of carbonyl (C=O) groups excluding carboxylic acids is 1. The standard InChI is InChI=1S/C14H15N3O/c1-14(2,3)13-16-10-6-8-9(7-11(10)17-13)15-5-4-12(8)18/h5-7H,4H2,1-3H3,(H,16,17). The highest BCUT2D eigenvalue weighted by Crippen LogP contribution is 2.30. The monoisotopic (exact) mass is 241 g/mol. The van der Waals surface area contributed by atoms with E-state index in [9.17, 15) is 4.79 Å². The van der Waals surface area contributed by atoms with E-state index >= 15 is 0 Å². The number of nitrogens with zero attached hydrogens (tertiary/aromatic N) is 2. The number of hydrogen-bond acceptors (Lipinski definition) is 3. The normalized spacial score (nSPS) is 15.2. The molecule has 1 aliphatic rings. The van der Waals surface area contributed by atoms with Gasteiger partial charge in [-0.05, 0) is 12.1 Å². The van der Waals surface area contributed by atoms with Gasteiger partial charge in [0.05, 0.1) is 16.7 Å². The van der Waals surface area contributed by atoms with Crippen LogP contribution in [0.5, 0.6) is 0 Å². The fourth-order valence-corrected chi connectivity index (χ4v) is 2.07. The highest BCUT2D eigenvalue weighted by molar-refractivity contribution is 6.11. The number of aliphatic imine (C=N–C) groups is 1. The number of benzene rings is 1. The average Bonchev–Trinajstić information content (AvgIpc) is 2.69. The molecule has 0 spiro atoms. The van der Waals surface area contributed by atoms with E-state index < -0.39 is 0 Å². The molecule has 1 aromatic carbocycles. The summed E-state index contributed by atoms with van der Waals surface area (Å²) in [5.41, 5.74) is 3.15. The number of ketones is 1. The van der Waals surface area contributed by atoms with Crippen LogP contribution in [-0.4, -0.2) is 22.0 Å². The highest BCUT2D eigenvalue weighted by atomic mass is 16.1. The van der Waals surface area contributed by atoms with Crippen LogP contribution in [0.15, 0.2) is 17.1 Å². The van der Waals surface area contributed by atoms with Gasteiger partial charge in [0.25, 0.3) is 0 Å². The van der Waals surface area contributed by atoms with Gasteiger partial charge in [-0.1, -0.05) is 20.8 Å². The van der Waals surface area contributed by atoms with Crippen molar-refractivity contribution in [2.75, 3.05) is 0 Å². The summed E-state index contributed by atoms with van der Waals surface area (Å²) in [6.45, 7) is 6.32. The first-order chi connectivity index (χ1) is 8.45. The molecule has 0 aliphatic carbocycles. The van der Waals surface area contributed by atoms with Crippen molar-refractivity contribution in [3.05, 3.63) is 23.5 Å². The minimum atomic E-state index is -0.0349. The Bertz CT molecular complexity index is 674. The first-order valence-electron chi connectivity index (χ1n) is 6.05. The molecule has 0 bridgehead atoms. The maximum Gasteiger partial charge on any atom is 0.170 e. The summed E-state index contributed by atoms with van der Waals surface area (Å²) in [7, 11) is 0. The van der Waals surface area contributed by atoms with Crippen LogP contribution in [0.4, 0.5) is 5.69 Å².